The number of nitrogens with zero attached hydrogens (tertiary/aromatic N) is 2. The highest BCUT2D eigenvalue weighted by molar-refractivity contribution is 5.34. The fourth-order valence-electron chi connectivity index (χ4n) is 3.14. The first-order valence-corrected chi connectivity index (χ1v) is 8.37. The maximum absolute atomic E-state index is 12.0. The molecule has 0 aromatic heterocycles. The van der Waals surface area contributed by atoms with Crippen LogP contribution in [0.25, 0.3) is 0 Å². The van der Waals surface area contributed by atoms with Gasteiger partial charge in [-0.1, -0.05) is 60.7 Å². The molecule has 6 nitrogen and oxygen atoms in total. The van der Waals surface area contributed by atoms with E-state index in [1.54, 1.807) is 13.1 Å². The van der Waals surface area contributed by atoms with E-state index in [4.69, 9.17) is 10.6 Å². The van der Waals surface area contributed by atoms with Crippen molar-refractivity contribution in [1.29, 1.82) is 0 Å². The molecule has 1 aliphatic heterocycles. The summed E-state index contributed by atoms with van der Waals surface area (Å²) in [6.45, 7) is 18.7. The van der Waals surface area contributed by atoms with Gasteiger partial charge in [0.25, 0.3) is 0 Å². The summed E-state index contributed by atoms with van der Waals surface area (Å²) in [4.78, 5) is 5.97. The molecule has 25 heavy (non-hydrogen) atoms. The molecule has 0 aliphatic carbocycles. The molecule has 0 saturated carbocycles. The number of nitrogens with two attached hydrogens (primary N) is 1. The molecule has 3 N–H and O–H groups in total. The Morgan fingerprint density at radius 3 is 2.04 bits per heavy atom. The van der Waals surface area contributed by atoms with Gasteiger partial charge in [-0.05, 0) is 19.9 Å². The summed E-state index contributed by atoms with van der Waals surface area (Å²) in [5, 5.41) is 13.2. The second-order valence-corrected chi connectivity index (χ2v) is 6.58. The van der Waals surface area contributed by atoms with E-state index in [0.29, 0.717) is 13.1 Å². The molecule has 0 spiro atoms. The molecular formula is C19H32N4O2. The van der Waals surface area contributed by atoms with Gasteiger partial charge in [0, 0.05) is 12.5 Å². The minimum Gasteiger partial charge on any atom is -0.610 e. The summed E-state index contributed by atoms with van der Waals surface area (Å²) in [6, 6.07) is 0. The lowest BCUT2D eigenvalue weighted by Crippen LogP contribution is -2.64. The van der Waals surface area contributed by atoms with Crippen LogP contribution in [0.1, 0.15) is 20.8 Å². The maximum atomic E-state index is 12.0. The predicted octanol–water partition coefficient (Wildman–Crippen LogP) is 2.96. The Kier molecular flexibility index (Phi) is 6.69. The minimum absolute atomic E-state index is 0.490. The molecule has 140 valence electrons. The van der Waals surface area contributed by atoms with Crippen LogP contribution in [0.4, 0.5) is 0 Å². The third kappa shape index (κ3) is 4.00. The lowest BCUT2D eigenvalue weighted by Gasteiger charge is -2.52. The summed E-state index contributed by atoms with van der Waals surface area (Å²) >= 11 is 0. The molecule has 0 bridgehead atoms. The lowest BCUT2D eigenvalue weighted by molar-refractivity contribution is -0.827. The summed E-state index contributed by atoms with van der Waals surface area (Å²) in [7, 11) is 1.60. The van der Waals surface area contributed by atoms with Crippen molar-refractivity contribution in [2.75, 3.05) is 20.1 Å². The molecule has 3 atom stereocenters. The zero-order chi connectivity index (χ0) is 19.4. The zero-order valence-electron chi connectivity index (χ0n) is 15.9. The molecule has 0 aromatic rings. The molecule has 1 heterocycles. The molecule has 0 aromatic carbocycles. The average Bonchev–Trinajstić information content (AvgIpc) is 3.28. The van der Waals surface area contributed by atoms with Gasteiger partial charge in [-0.15, -0.1) is 13.2 Å². The predicted molar refractivity (Wildman–Crippen MR) is 103 cm³/mol. The number of hydrazine groups is 1. The van der Waals surface area contributed by atoms with Crippen LogP contribution in [0.3, 0.4) is 0 Å². The number of hydrogen-bond acceptors (Lipinski definition) is 5. The smallest absolute Gasteiger partial charge is 0.172 e. The average molecular weight is 348 g/mol. The first-order chi connectivity index (χ1) is 11.6. The van der Waals surface area contributed by atoms with Crippen molar-refractivity contribution in [3.63, 3.8) is 0 Å². The van der Waals surface area contributed by atoms with Crippen molar-refractivity contribution >= 4 is 0 Å². The molecule has 1 fully saturated rings. The van der Waals surface area contributed by atoms with Crippen molar-refractivity contribution in [2.45, 2.75) is 26.5 Å². The van der Waals surface area contributed by atoms with Crippen LogP contribution in [0.5, 0.6) is 0 Å². The van der Waals surface area contributed by atoms with Crippen molar-refractivity contribution in [3.05, 3.63) is 67.5 Å². The Hall–Kier alpha value is -1.54. The van der Waals surface area contributed by atoms with Gasteiger partial charge < -0.3 is 5.21 Å². The van der Waals surface area contributed by atoms with Crippen molar-refractivity contribution in [1.82, 2.24) is 10.7 Å². The minimum atomic E-state index is -1.39. The van der Waals surface area contributed by atoms with Gasteiger partial charge in [0.05, 0.1) is 5.41 Å². The molecule has 1 saturated heterocycles. The van der Waals surface area contributed by atoms with Crippen LogP contribution in [0.2, 0.25) is 0 Å². The normalized spacial score (nSPS) is 23.8. The summed E-state index contributed by atoms with van der Waals surface area (Å²) < 4.78 is -0.540. The SMILES string of the molecule is C=CC(C)(/C=C/C)C(C=C)(/C=C/C)C(N)(C=C)ON(C)N[N+]1([O-])CC1. The van der Waals surface area contributed by atoms with Gasteiger partial charge in [0.2, 0.25) is 0 Å². The van der Waals surface area contributed by atoms with E-state index >= 15 is 0 Å². The van der Waals surface area contributed by atoms with Crippen molar-refractivity contribution in [2.24, 2.45) is 16.6 Å². The van der Waals surface area contributed by atoms with Gasteiger partial charge in [0.1, 0.15) is 13.1 Å². The third-order valence-electron chi connectivity index (χ3n) is 4.77. The zero-order valence-corrected chi connectivity index (χ0v) is 15.9. The van der Waals surface area contributed by atoms with Crippen LogP contribution in [0.15, 0.2) is 62.3 Å². The van der Waals surface area contributed by atoms with Crippen LogP contribution < -0.4 is 11.3 Å². The van der Waals surface area contributed by atoms with E-state index < -0.39 is 21.3 Å². The Bertz CT molecular complexity index is 570. The van der Waals surface area contributed by atoms with Crippen LogP contribution in [-0.4, -0.2) is 35.8 Å². The number of hydrogen-bond donors (Lipinski definition) is 2. The quantitative estimate of drug-likeness (QED) is 0.150. The van der Waals surface area contributed by atoms with Gasteiger partial charge in [-0.3, -0.25) is 15.3 Å². The molecule has 6 heteroatoms. The highest BCUT2D eigenvalue weighted by Crippen LogP contribution is 2.51. The highest BCUT2D eigenvalue weighted by atomic mass is 16.8. The fraction of sp³-hybridized carbons (Fsp3) is 0.474. The molecule has 1 rings (SSSR count). The molecule has 0 amide bonds. The molecule has 0 radical (unpaired) electrons. The second-order valence-electron chi connectivity index (χ2n) is 6.58. The van der Waals surface area contributed by atoms with Crippen LogP contribution in [0, 0.1) is 16.0 Å². The fourth-order valence-corrected chi connectivity index (χ4v) is 3.14. The Morgan fingerprint density at radius 2 is 1.68 bits per heavy atom. The maximum Gasteiger partial charge on any atom is 0.172 e. The number of hydroxylamine groups is 3. The monoisotopic (exact) mass is 348 g/mol. The largest absolute Gasteiger partial charge is 0.610 e. The summed E-state index contributed by atoms with van der Waals surface area (Å²) in [6.07, 6.45) is 12.8. The Morgan fingerprint density at radius 1 is 1.12 bits per heavy atom. The summed E-state index contributed by atoms with van der Waals surface area (Å²) in [5.74, 6) is 0. The van der Waals surface area contributed by atoms with Gasteiger partial charge >= 0.3 is 0 Å². The van der Waals surface area contributed by atoms with Crippen LogP contribution >= 0.6 is 0 Å². The van der Waals surface area contributed by atoms with E-state index in [1.165, 1.54) is 11.2 Å². The molecular weight excluding hydrogens is 316 g/mol. The number of rotatable bonds is 11. The van der Waals surface area contributed by atoms with E-state index in [-0.39, 0.29) is 0 Å². The molecule has 3 unspecified atom stereocenters. The lowest BCUT2D eigenvalue weighted by atomic mass is 9.58. The highest BCUT2D eigenvalue weighted by Gasteiger charge is 2.55. The van der Waals surface area contributed by atoms with Crippen molar-refractivity contribution in [3.8, 4) is 0 Å². The first kappa shape index (κ1) is 21.5. The molecule has 1 aliphatic rings. The van der Waals surface area contributed by atoms with Gasteiger partial charge in [-0.2, -0.15) is 0 Å². The second kappa shape index (κ2) is 7.78. The van der Waals surface area contributed by atoms with E-state index in [0.717, 1.165) is 0 Å². The number of allylic oxidation sites excluding steroid dienone is 4. The Labute approximate surface area is 151 Å². The standard InChI is InChI=1S/C19H32N4O2/c1-8-13-17(6,10-3)18(11-4,14-9-2)19(20,12-5)25-22(7)21-23(24)15-16-23/h8-14,21H,3-5,15-16,20H2,1-2,6-7H3/b13-8+,14-9+. The first-order valence-electron chi connectivity index (χ1n) is 8.37. The van der Waals surface area contributed by atoms with Gasteiger partial charge in [0.15, 0.2) is 5.72 Å². The number of quaternary nitrogens is 1. The van der Waals surface area contributed by atoms with Gasteiger partial charge in [-0.25, -0.2) is 0 Å². The van der Waals surface area contributed by atoms with E-state index in [9.17, 15) is 5.21 Å². The summed E-state index contributed by atoms with van der Waals surface area (Å²) in [5.41, 5.74) is 6.50. The van der Waals surface area contributed by atoms with Crippen molar-refractivity contribution < 1.29 is 9.59 Å². The van der Waals surface area contributed by atoms with E-state index in [2.05, 4.69) is 25.3 Å². The number of nitrogens with one attached hydrogen (secondary N) is 1. The topological polar surface area (TPSA) is 73.6 Å². The Balaban J connectivity index is 3.39. The van der Waals surface area contributed by atoms with Crippen LogP contribution in [-0.2, 0) is 4.84 Å². The van der Waals surface area contributed by atoms with E-state index in [1.807, 2.05) is 51.2 Å². The third-order valence-corrected chi connectivity index (χ3v) is 4.77.